The van der Waals surface area contributed by atoms with Crippen LogP contribution in [0.15, 0.2) is 18.2 Å². The second-order valence-corrected chi connectivity index (χ2v) is 4.69. The maximum atomic E-state index is 13.5. The van der Waals surface area contributed by atoms with Crippen LogP contribution >= 0.6 is 11.6 Å². The van der Waals surface area contributed by atoms with E-state index >= 15 is 0 Å². The van der Waals surface area contributed by atoms with Gasteiger partial charge in [0.1, 0.15) is 12.4 Å². The number of carbonyl (C=O) groups excluding carboxylic acids is 1. The van der Waals surface area contributed by atoms with E-state index in [1.54, 1.807) is 0 Å². The van der Waals surface area contributed by atoms with Crippen molar-refractivity contribution >= 4 is 29.3 Å². The van der Waals surface area contributed by atoms with Crippen LogP contribution in [-0.2, 0) is 4.79 Å². The Morgan fingerprint density at radius 3 is 2.68 bits per heavy atom. The van der Waals surface area contributed by atoms with Crippen LogP contribution in [0.3, 0.4) is 0 Å². The number of amides is 2. The van der Waals surface area contributed by atoms with Crippen LogP contribution in [0.2, 0.25) is 5.02 Å². The molecule has 1 aromatic rings. The molecular weight excluding hydrogens is 275 g/mol. The summed E-state index contributed by atoms with van der Waals surface area (Å²) in [5, 5.41) is 11.2. The highest BCUT2D eigenvalue weighted by Gasteiger charge is 2.34. The van der Waals surface area contributed by atoms with Crippen molar-refractivity contribution in [3.05, 3.63) is 29.0 Å². The van der Waals surface area contributed by atoms with Gasteiger partial charge in [0.05, 0.1) is 10.7 Å². The largest absolute Gasteiger partial charge is 0.480 e. The lowest BCUT2D eigenvalue weighted by molar-refractivity contribution is -0.137. The Kier molecular flexibility index (Phi) is 3.90. The molecular formula is C12H12ClFN2O3. The number of rotatable bonds is 4. The minimum Gasteiger partial charge on any atom is -0.480 e. The summed E-state index contributed by atoms with van der Waals surface area (Å²) in [6.07, 6.45) is 1.51. The van der Waals surface area contributed by atoms with E-state index in [9.17, 15) is 14.0 Å². The maximum absolute atomic E-state index is 13.5. The van der Waals surface area contributed by atoms with E-state index in [0.29, 0.717) is 0 Å². The predicted octanol–water partition coefficient (Wildman–Crippen LogP) is 2.56. The lowest BCUT2D eigenvalue weighted by Gasteiger charge is -2.21. The third-order valence-electron chi connectivity index (χ3n) is 2.75. The molecule has 0 radical (unpaired) electrons. The number of anilines is 1. The molecule has 0 spiro atoms. The van der Waals surface area contributed by atoms with E-state index in [-0.39, 0.29) is 16.8 Å². The van der Waals surface area contributed by atoms with Crippen LogP contribution in [0.1, 0.15) is 12.8 Å². The molecule has 19 heavy (non-hydrogen) atoms. The summed E-state index contributed by atoms with van der Waals surface area (Å²) >= 11 is 5.79. The molecule has 0 aliphatic heterocycles. The van der Waals surface area contributed by atoms with Gasteiger partial charge in [0.2, 0.25) is 0 Å². The molecule has 5 nitrogen and oxygen atoms in total. The summed E-state index contributed by atoms with van der Waals surface area (Å²) in [7, 11) is 0. The number of aliphatic carboxylic acids is 1. The van der Waals surface area contributed by atoms with Gasteiger partial charge in [-0.1, -0.05) is 17.7 Å². The summed E-state index contributed by atoms with van der Waals surface area (Å²) < 4.78 is 13.5. The lowest BCUT2D eigenvalue weighted by atomic mass is 10.3. The van der Waals surface area contributed by atoms with Gasteiger partial charge >= 0.3 is 12.0 Å². The Labute approximate surface area is 114 Å². The molecule has 1 aliphatic rings. The fraction of sp³-hybridized carbons (Fsp3) is 0.333. The van der Waals surface area contributed by atoms with Gasteiger partial charge in [-0.05, 0) is 25.0 Å². The van der Waals surface area contributed by atoms with Gasteiger partial charge in [-0.2, -0.15) is 0 Å². The highest BCUT2D eigenvalue weighted by molar-refractivity contribution is 6.33. The topological polar surface area (TPSA) is 69.6 Å². The molecule has 7 heteroatoms. The van der Waals surface area contributed by atoms with Crippen molar-refractivity contribution in [3.8, 4) is 0 Å². The monoisotopic (exact) mass is 286 g/mol. The molecule has 0 aromatic heterocycles. The van der Waals surface area contributed by atoms with Gasteiger partial charge < -0.3 is 15.3 Å². The Balaban J connectivity index is 2.12. The van der Waals surface area contributed by atoms with Crippen LogP contribution in [-0.4, -0.2) is 34.6 Å². The van der Waals surface area contributed by atoms with Crippen molar-refractivity contribution in [3.63, 3.8) is 0 Å². The number of benzene rings is 1. The third-order valence-corrected chi connectivity index (χ3v) is 3.06. The quantitative estimate of drug-likeness (QED) is 0.894. The van der Waals surface area contributed by atoms with Gasteiger partial charge in [0, 0.05) is 6.04 Å². The van der Waals surface area contributed by atoms with Crippen LogP contribution in [0.25, 0.3) is 0 Å². The fourth-order valence-corrected chi connectivity index (χ4v) is 1.90. The SMILES string of the molecule is O=C(O)CN(C(=O)Nc1c(F)cccc1Cl)C1CC1. The zero-order valence-corrected chi connectivity index (χ0v) is 10.7. The number of carboxylic acids is 1. The second kappa shape index (κ2) is 5.44. The first-order valence-electron chi connectivity index (χ1n) is 5.72. The average Bonchev–Trinajstić information content (AvgIpc) is 3.14. The van der Waals surface area contributed by atoms with Crippen molar-refractivity contribution in [1.82, 2.24) is 4.90 Å². The first-order chi connectivity index (χ1) is 8.99. The number of hydrogen-bond acceptors (Lipinski definition) is 2. The van der Waals surface area contributed by atoms with Crippen molar-refractivity contribution in [1.29, 1.82) is 0 Å². The molecule has 1 aliphatic carbocycles. The smallest absolute Gasteiger partial charge is 0.323 e. The number of para-hydroxylation sites is 1. The number of nitrogens with zero attached hydrogens (tertiary/aromatic N) is 1. The van der Waals surface area contributed by atoms with E-state index in [4.69, 9.17) is 16.7 Å². The van der Waals surface area contributed by atoms with Crippen molar-refractivity contribution in [2.75, 3.05) is 11.9 Å². The molecule has 0 unspecified atom stereocenters. The van der Waals surface area contributed by atoms with Crippen LogP contribution in [0.4, 0.5) is 14.9 Å². The molecule has 0 atom stereocenters. The number of urea groups is 1. The predicted molar refractivity (Wildman–Crippen MR) is 67.8 cm³/mol. The number of carbonyl (C=O) groups is 2. The molecule has 2 N–H and O–H groups in total. The number of carboxylic acid groups (broad SMARTS) is 1. The first-order valence-corrected chi connectivity index (χ1v) is 6.10. The Morgan fingerprint density at radius 1 is 1.47 bits per heavy atom. The minimum atomic E-state index is -1.11. The fourth-order valence-electron chi connectivity index (χ4n) is 1.69. The standard InChI is InChI=1S/C12H12ClFN2O3/c13-8-2-1-3-9(14)11(8)15-12(19)16(6-10(17)18)7-4-5-7/h1-3,7H,4-6H2,(H,15,19)(H,17,18). The molecule has 1 aromatic carbocycles. The van der Waals surface area contributed by atoms with Gasteiger partial charge in [-0.3, -0.25) is 4.79 Å². The lowest BCUT2D eigenvalue weighted by Crippen LogP contribution is -2.40. The summed E-state index contributed by atoms with van der Waals surface area (Å²) in [6.45, 7) is -0.414. The summed E-state index contributed by atoms with van der Waals surface area (Å²) in [4.78, 5) is 23.8. The number of hydrogen-bond donors (Lipinski definition) is 2. The summed E-state index contributed by atoms with van der Waals surface area (Å²) in [6, 6.07) is 3.28. The second-order valence-electron chi connectivity index (χ2n) is 4.28. The molecule has 1 fully saturated rings. The number of nitrogens with one attached hydrogen (secondary N) is 1. The van der Waals surface area contributed by atoms with Gasteiger partial charge in [-0.25, -0.2) is 9.18 Å². The Morgan fingerprint density at radius 2 is 2.16 bits per heavy atom. The average molecular weight is 287 g/mol. The van der Waals surface area contributed by atoms with Gasteiger partial charge in [-0.15, -0.1) is 0 Å². The zero-order chi connectivity index (χ0) is 14.0. The molecule has 1 saturated carbocycles. The van der Waals surface area contributed by atoms with Crippen molar-refractivity contribution in [2.45, 2.75) is 18.9 Å². The van der Waals surface area contributed by atoms with E-state index in [1.165, 1.54) is 23.1 Å². The molecule has 0 heterocycles. The molecule has 2 rings (SSSR count). The third kappa shape index (κ3) is 3.35. The highest BCUT2D eigenvalue weighted by Crippen LogP contribution is 2.29. The Hall–Kier alpha value is -1.82. The molecule has 102 valence electrons. The van der Waals surface area contributed by atoms with Crippen molar-refractivity contribution < 1.29 is 19.1 Å². The van der Waals surface area contributed by atoms with Crippen LogP contribution < -0.4 is 5.32 Å². The first kappa shape index (κ1) is 13.6. The van der Waals surface area contributed by atoms with E-state index in [0.717, 1.165) is 12.8 Å². The van der Waals surface area contributed by atoms with E-state index < -0.39 is 24.4 Å². The van der Waals surface area contributed by atoms with Crippen LogP contribution in [0.5, 0.6) is 0 Å². The van der Waals surface area contributed by atoms with E-state index in [1.807, 2.05) is 0 Å². The normalized spacial score (nSPS) is 14.0. The van der Waals surface area contributed by atoms with Crippen molar-refractivity contribution in [2.24, 2.45) is 0 Å². The number of halogens is 2. The summed E-state index contributed by atoms with van der Waals surface area (Å²) in [5.74, 6) is -1.77. The highest BCUT2D eigenvalue weighted by atomic mass is 35.5. The zero-order valence-electron chi connectivity index (χ0n) is 9.90. The van der Waals surface area contributed by atoms with Gasteiger partial charge in [0.25, 0.3) is 0 Å². The van der Waals surface area contributed by atoms with E-state index in [2.05, 4.69) is 5.32 Å². The molecule has 2 amide bonds. The summed E-state index contributed by atoms with van der Waals surface area (Å²) in [5.41, 5.74) is -0.134. The molecule has 0 bridgehead atoms. The van der Waals surface area contributed by atoms with Gasteiger partial charge in [0.15, 0.2) is 0 Å². The Bertz CT molecular complexity index is 499. The molecule has 0 saturated heterocycles. The van der Waals surface area contributed by atoms with Crippen LogP contribution in [0, 0.1) is 5.82 Å². The maximum Gasteiger partial charge on any atom is 0.323 e. The minimum absolute atomic E-state index is 0.0689.